The standard InChI is InChI=1S/C11H20N4O3S/c1-3-4-5-6-7-10(16)13-11-9(19(12,17)18)8-15(2)14-11/h8H,3-7H2,1-2H3,(H2,12,17,18)(H,13,14,16). The minimum Gasteiger partial charge on any atom is -0.308 e. The third-order valence-electron chi connectivity index (χ3n) is 2.62. The molecule has 108 valence electrons. The second-order valence-electron chi connectivity index (χ2n) is 4.42. The average Bonchev–Trinajstić information content (AvgIpc) is 2.65. The molecule has 1 heterocycles. The van der Waals surface area contributed by atoms with Crippen LogP contribution in [0.3, 0.4) is 0 Å². The smallest absolute Gasteiger partial charge is 0.243 e. The van der Waals surface area contributed by atoms with Gasteiger partial charge in [-0.2, -0.15) is 5.10 Å². The van der Waals surface area contributed by atoms with Crippen LogP contribution in [0.2, 0.25) is 0 Å². The quantitative estimate of drug-likeness (QED) is 0.729. The summed E-state index contributed by atoms with van der Waals surface area (Å²) in [7, 11) is -2.32. The summed E-state index contributed by atoms with van der Waals surface area (Å²) in [6, 6.07) is 0. The summed E-state index contributed by atoms with van der Waals surface area (Å²) >= 11 is 0. The Morgan fingerprint density at radius 2 is 2.11 bits per heavy atom. The van der Waals surface area contributed by atoms with E-state index in [1.54, 1.807) is 7.05 Å². The van der Waals surface area contributed by atoms with E-state index in [2.05, 4.69) is 17.3 Å². The summed E-state index contributed by atoms with van der Waals surface area (Å²) in [6.45, 7) is 2.09. The molecule has 7 nitrogen and oxygen atoms in total. The van der Waals surface area contributed by atoms with E-state index in [-0.39, 0.29) is 16.6 Å². The fraction of sp³-hybridized carbons (Fsp3) is 0.636. The van der Waals surface area contributed by atoms with Crippen molar-refractivity contribution in [1.82, 2.24) is 9.78 Å². The van der Waals surface area contributed by atoms with Crippen LogP contribution in [0.15, 0.2) is 11.1 Å². The zero-order chi connectivity index (χ0) is 14.5. The van der Waals surface area contributed by atoms with Crippen LogP contribution in [0.1, 0.15) is 39.0 Å². The zero-order valence-corrected chi connectivity index (χ0v) is 12.0. The van der Waals surface area contributed by atoms with Crippen molar-refractivity contribution >= 4 is 21.7 Å². The molecule has 0 bridgehead atoms. The Kier molecular flexibility index (Phi) is 5.49. The Hall–Kier alpha value is -1.41. The van der Waals surface area contributed by atoms with E-state index in [0.29, 0.717) is 6.42 Å². The number of nitrogens with one attached hydrogen (secondary N) is 1. The van der Waals surface area contributed by atoms with E-state index < -0.39 is 10.0 Å². The number of unbranched alkanes of at least 4 members (excludes halogenated alkanes) is 3. The van der Waals surface area contributed by atoms with Gasteiger partial charge in [0.15, 0.2) is 5.82 Å². The van der Waals surface area contributed by atoms with Crippen LogP contribution in [0, 0.1) is 0 Å². The van der Waals surface area contributed by atoms with Gasteiger partial charge in [-0.15, -0.1) is 0 Å². The molecule has 0 aliphatic heterocycles. The van der Waals surface area contributed by atoms with Gasteiger partial charge in [0, 0.05) is 19.7 Å². The van der Waals surface area contributed by atoms with Crippen LogP contribution in [0.4, 0.5) is 5.82 Å². The van der Waals surface area contributed by atoms with Gasteiger partial charge in [-0.3, -0.25) is 9.48 Å². The van der Waals surface area contributed by atoms with Crippen molar-refractivity contribution in [2.75, 3.05) is 5.32 Å². The Morgan fingerprint density at radius 1 is 1.42 bits per heavy atom. The van der Waals surface area contributed by atoms with Gasteiger partial charge >= 0.3 is 0 Å². The normalized spacial score (nSPS) is 11.5. The molecule has 0 radical (unpaired) electrons. The van der Waals surface area contributed by atoms with Gasteiger partial charge in [-0.25, -0.2) is 13.6 Å². The summed E-state index contributed by atoms with van der Waals surface area (Å²) in [5, 5.41) is 11.4. The predicted octanol–water partition coefficient (Wildman–Crippen LogP) is 0.976. The number of hydrogen-bond acceptors (Lipinski definition) is 4. The van der Waals surface area contributed by atoms with Gasteiger partial charge in [0.2, 0.25) is 15.9 Å². The molecule has 3 N–H and O–H groups in total. The van der Waals surface area contributed by atoms with Gasteiger partial charge in [0.05, 0.1) is 0 Å². The average molecular weight is 288 g/mol. The van der Waals surface area contributed by atoms with Gasteiger partial charge < -0.3 is 5.32 Å². The number of nitrogens with zero attached hydrogens (tertiary/aromatic N) is 2. The van der Waals surface area contributed by atoms with E-state index in [1.807, 2.05) is 0 Å². The van der Waals surface area contributed by atoms with Gasteiger partial charge in [-0.1, -0.05) is 26.2 Å². The van der Waals surface area contributed by atoms with Crippen LogP contribution < -0.4 is 10.5 Å². The van der Waals surface area contributed by atoms with Crippen molar-refractivity contribution in [3.8, 4) is 0 Å². The summed E-state index contributed by atoms with van der Waals surface area (Å²) < 4.78 is 23.9. The maximum Gasteiger partial charge on any atom is 0.243 e. The number of hydrogen-bond donors (Lipinski definition) is 2. The van der Waals surface area contributed by atoms with E-state index in [0.717, 1.165) is 25.7 Å². The molecule has 1 rings (SSSR count). The van der Waals surface area contributed by atoms with Crippen LogP contribution in [0.25, 0.3) is 0 Å². The van der Waals surface area contributed by atoms with Crippen LogP contribution >= 0.6 is 0 Å². The number of sulfonamides is 1. The molecular formula is C11H20N4O3S. The topological polar surface area (TPSA) is 107 Å². The fourth-order valence-electron chi connectivity index (χ4n) is 1.67. The number of primary sulfonamides is 1. The van der Waals surface area contributed by atoms with Crippen molar-refractivity contribution < 1.29 is 13.2 Å². The molecule has 0 aliphatic rings. The monoisotopic (exact) mass is 288 g/mol. The molecule has 8 heteroatoms. The summed E-state index contributed by atoms with van der Waals surface area (Å²) in [6.07, 6.45) is 5.55. The third-order valence-corrected chi connectivity index (χ3v) is 3.53. The fourth-order valence-corrected chi connectivity index (χ4v) is 2.33. The number of amides is 1. The lowest BCUT2D eigenvalue weighted by Crippen LogP contribution is -2.17. The maximum absolute atomic E-state index is 11.7. The van der Waals surface area contributed by atoms with Gasteiger partial charge in [0.1, 0.15) is 4.90 Å². The molecule has 0 aliphatic carbocycles. The maximum atomic E-state index is 11.7. The zero-order valence-electron chi connectivity index (χ0n) is 11.2. The van der Waals surface area contributed by atoms with E-state index in [9.17, 15) is 13.2 Å². The number of carbonyl (C=O) groups excluding carboxylic acids is 1. The van der Waals surface area contributed by atoms with Crippen LogP contribution in [0.5, 0.6) is 0 Å². The van der Waals surface area contributed by atoms with E-state index >= 15 is 0 Å². The molecular weight excluding hydrogens is 268 g/mol. The van der Waals surface area contributed by atoms with Crippen molar-refractivity contribution in [2.24, 2.45) is 12.2 Å². The van der Waals surface area contributed by atoms with Crippen LogP contribution in [-0.4, -0.2) is 24.1 Å². The second-order valence-corrected chi connectivity index (χ2v) is 5.95. The highest BCUT2D eigenvalue weighted by Crippen LogP contribution is 2.17. The summed E-state index contributed by atoms with van der Waals surface area (Å²) in [4.78, 5) is 11.5. The van der Waals surface area contributed by atoms with Crippen molar-refractivity contribution in [1.29, 1.82) is 0 Å². The molecule has 0 fully saturated rings. The molecule has 0 saturated heterocycles. The Labute approximate surface area is 113 Å². The first-order valence-electron chi connectivity index (χ1n) is 6.21. The number of aromatic nitrogens is 2. The van der Waals surface area contributed by atoms with Crippen molar-refractivity contribution in [3.63, 3.8) is 0 Å². The minimum atomic E-state index is -3.89. The van der Waals surface area contributed by atoms with Gasteiger partial charge in [0.25, 0.3) is 0 Å². The Balaban J connectivity index is 2.64. The molecule has 0 spiro atoms. The molecule has 0 atom stereocenters. The molecule has 1 aromatic heterocycles. The van der Waals surface area contributed by atoms with Gasteiger partial charge in [-0.05, 0) is 6.42 Å². The molecule has 1 aromatic rings. The lowest BCUT2D eigenvalue weighted by atomic mass is 10.1. The molecule has 19 heavy (non-hydrogen) atoms. The predicted molar refractivity (Wildman–Crippen MR) is 72.0 cm³/mol. The molecule has 0 aromatic carbocycles. The third kappa shape index (κ3) is 4.99. The highest BCUT2D eigenvalue weighted by molar-refractivity contribution is 7.89. The molecule has 0 unspecified atom stereocenters. The SMILES string of the molecule is CCCCCCC(=O)Nc1nn(C)cc1S(N)(=O)=O. The van der Waals surface area contributed by atoms with E-state index in [1.165, 1.54) is 10.9 Å². The highest BCUT2D eigenvalue weighted by atomic mass is 32.2. The van der Waals surface area contributed by atoms with Crippen LogP contribution in [-0.2, 0) is 21.9 Å². The van der Waals surface area contributed by atoms with Crippen molar-refractivity contribution in [2.45, 2.75) is 43.9 Å². The second kappa shape index (κ2) is 6.67. The minimum absolute atomic E-state index is 0.00880. The lowest BCUT2D eigenvalue weighted by molar-refractivity contribution is -0.116. The largest absolute Gasteiger partial charge is 0.308 e. The summed E-state index contributed by atoms with van der Waals surface area (Å²) in [5.74, 6) is -0.259. The first kappa shape index (κ1) is 15.6. The molecule has 0 saturated carbocycles. The Morgan fingerprint density at radius 3 is 2.68 bits per heavy atom. The van der Waals surface area contributed by atoms with Crippen molar-refractivity contribution in [3.05, 3.63) is 6.20 Å². The highest BCUT2D eigenvalue weighted by Gasteiger charge is 2.19. The first-order chi connectivity index (χ1) is 8.84. The number of aryl methyl sites for hydroxylation is 1. The summed E-state index contributed by atoms with van der Waals surface area (Å²) in [5.41, 5.74) is 0. The molecule has 1 amide bonds. The Bertz CT molecular complexity index is 536. The number of anilines is 1. The number of nitrogens with two attached hydrogens (primary N) is 1. The number of rotatable bonds is 7. The van der Waals surface area contributed by atoms with E-state index in [4.69, 9.17) is 5.14 Å². The first-order valence-corrected chi connectivity index (χ1v) is 7.75. The lowest BCUT2D eigenvalue weighted by Gasteiger charge is -2.03. The number of carbonyl (C=O) groups is 1.